The monoisotopic (exact) mass is 881 g/mol. The van der Waals surface area contributed by atoms with Crippen molar-refractivity contribution in [2.75, 3.05) is 13.2 Å². The Morgan fingerprint density at radius 1 is 0.317 bits per heavy atom. The van der Waals surface area contributed by atoms with E-state index in [0.29, 0.717) is 19.3 Å². The predicted molar refractivity (Wildman–Crippen MR) is 270 cm³/mol. The Morgan fingerprint density at radius 3 is 0.921 bits per heavy atom. The lowest BCUT2D eigenvalue weighted by Crippen LogP contribution is -2.30. The highest BCUT2D eigenvalue weighted by Gasteiger charge is 2.19. The summed E-state index contributed by atoms with van der Waals surface area (Å²) in [5, 5.41) is 0. The van der Waals surface area contributed by atoms with E-state index in [1.165, 1.54) is 122 Å². The number of hydrogen-bond acceptors (Lipinski definition) is 6. The van der Waals surface area contributed by atoms with Crippen molar-refractivity contribution in [2.45, 2.75) is 271 Å². The first-order chi connectivity index (χ1) is 31.0. The van der Waals surface area contributed by atoms with Gasteiger partial charge in [0.1, 0.15) is 13.2 Å². The van der Waals surface area contributed by atoms with Crippen LogP contribution >= 0.6 is 0 Å². The molecule has 63 heavy (non-hydrogen) atoms. The van der Waals surface area contributed by atoms with Gasteiger partial charge in [0, 0.05) is 19.3 Å². The number of rotatable bonds is 48. The summed E-state index contributed by atoms with van der Waals surface area (Å²) in [4.78, 5) is 38.0. The van der Waals surface area contributed by atoms with Gasteiger partial charge in [-0.15, -0.1) is 0 Å². The maximum absolute atomic E-state index is 12.8. The first-order valence-electron chi connectivity index (χ1n) is 26.8. The number of carbonyl (C=O) groups excluding carboxylic acids is 3. The smallest absolute Gasteiger partial charge is 0.306 e. The zero-order valence-electron chi connectivity index (χ0n) is 41.6. The van der Waals surface area contributed by atoms with Crippen molar-refractivity contribution in [3.05, 3.63) is 60.8 Å². The molecule has 6 nitrogen and oxygen atoms in total. The van der Waals surface area contributed by atoms with Crippen LogP contribution in [0.5, 0.6) is 0 Å². The van der Waals surface area contributed by atoms with Gasteiger partial charge in [0.25, 0.3) is 0 Å². The molecule has 0 aliphatic carbocycles. The van der Waals surface area contributed by atoms with Crippen LogP contribution in [-0.4, -0.2) is 37.2 Å². The molecule has 0 aliphatic heterocycles. The third-order valence-electron chi connectivity index (χ3n) is 11.5. The Balaban J connectivity index is 4.41. The van der Waals surface area contributed by atoms with E-state index in [2.05, 4.69) is 81.5 Å². The van der Waals surface area contributed by atoms with Crippen molar-refractivity contribution in [1.82, 2.24) is 0 Å². The molecule has 0 unspecified atom stereocenters. The molecular formula is C57H100O6. The van der Waals surface area contributed by atoms with Gasteiger partial charge in [0.2, 0.25) is 0 Å². The van der Waals surface area contributed by atoms with Crippen molar-refractivity contribution in [2.24, 2.45) is 0 Å². The summed E-state index contributed by atoms with van der Waals surface area (Å²) in [7, 11) is 0. The normalized spacial score (nSPS) is 12.5. The van der Waals surface area contributed by atoms with E-state index in [-0.39, 0.29) is 31.1 Å². The highest BCUT2D eigenvalue weighted by Crippen LogP contribution is 2.14. The van der Waals surface area contributed by atoms with Gasteiger partial charge in [-0.3, -0.25) is 14.4 Å². The summed E-state index contributed by atoms with van der Waals surface area (Å²) < 4.78 is 16.8. The van der Waals surface area contributed by atoms with Gasteiger partial charge < -0.3 is 14.2 Å². The minimum Gasteiger partial charge on any atom is -0.462 e. The van der Waals surface area contributed by atoms with Gasteiger partial charge in [-0.05, 0) is 109 Å². The highest BCUT2D eigenvalue weighted by atomic mass is 16.6. The lowest BCUT2D eigenvalue weighted by atomic mass is 10.1. The third kappa shape index (κ3) is 50.0. The number of carbonyl (C=O) groups is 3. The number of unbranched alkanes of at least 4 members (excludes halogenated alkanes) is 27. The maximum atomic E-state index is 12.8. The Labute approximate surface area is 390 Å². The Bertz CT molecular complexity index is 1150. The van der Waals surface area contributed by atoms with E-state index < -0.39 is 6.10 Å². The molecule has 0 aliphatic rings. The first kappa shape index (κ1) is 60.1. The topological polar surface area (TPSA) is 78.9 Å². The number of esters is 3. The Morgan fingerprint density at radius 2 is 0.571 bits per heavy atom. The first-order valence-corrected chi connectivity index (χ1v) is 26.8. The van der Waals surface area contributed by atoms with Crippen molar-refractivity contribution >= 4 is 17.9 Å². The SMILES string of the molecule is CCCCC/C=C/C/C=C/CCCCCCCCCC(=O)OC[C@@H](COC(=O)CCCCCCC/C=C/CCCCCC)OC(=O)CCCCCCC/C=C/C/C=C/CCCCC. The summed E-state index contributed by atoms with van der Waals surface area (Å²) in [6, 6.07) is 0. The van der Waals surface area contributed by atoms with E-state index in [4.69, 9.17) is 14.2 Å². The van der Waals surface area contributed by atoms with Crippen LogP contribution in [0.3, 0.4) is 0 Å². The van der Waals surface area contributed by atoms with E-state index in [1.807, 2.05) is 0 Å². The minimum atomic E-state index is -0.787. The fourth-order valence-electron chi connectivity index (χ4n) is 7.38. The van der Waals surface area contributed by atoms with Crippen LogP contribution in [0.15, 0.2) is 60.8 Å². The fourth-order valence-corrected chi connectivity index (χ4v) is 7.38. The van der Waals surface area contributed by atoms with Gasteiger partial charge >= 0.3 is 17.9 Å². The van der Waals surface area contributed by atoms with Crippen LogP contribution in [0.1, 0.15) is 265 Å². The molecule has 0 heterocycles. The van der Waals surface area contributed by atoms with Crippen molar-refractivity contribution in [1.29, 1.82) is 0 Å². The number of hydrogen-bond donors (Lipinski definition) is 0. The molecule has 0 saturated heterocycles. The number of allylic oxidation sites excluding steroid dienone is 10. The standard InChI is InChI=1S/C57H100O6/c1-4-7-10-13-16-19-22-25-27-28-30-32-35-38-41-44-47-50-56(59)62-53-54(52-61-55(58)49-46-43-40-37-34-31-24-21-18-15-12-9-6-3)63-57(60)51-48-45-42-39-36-33-29-26-23-20-17-14-11-8-5-2/h16-17,19-21,24-27,29,54H,4-15,18,22-23,28,30-53H2,1-3H3/b19-16+,20-17+,24-21+,27-25+,29-26+/t54-/m1/s1. The summed E-state index contributed by atoms with van der Waals surface area (Å²) in [6.45, 7) is 6.56. The van der Waals surface area contributed by atoms with Gasteiger partial charge in [-0.25, -0.2) is 0 Å². The van der Waals surface area contributed by atoms with Crippen LogP contribution in [0.4, 0.5) is 0 Å². The van der Waals surface area contributed by atoms with Crippen LogP contribution < -0.4 is 0 Å². The van der Waals surface area contributed by atoms with Crippen LogP contribution in [0.25, 0.3) is 0 Å². The highest BCUT2D eigenvalue weighted by molar-refractivity contribution is 5.71. The van der Waals surface area contributed by atoms with E-state index in [1.54, 1.807) is 0 Å². The van der Waals surface area contributed by atoms with Crippen molar-refractivity contribution in [3.8, 4) is 0 Å². The van der Waals surface area contributed by atoms with Crippen molar-refractivity contribution in [3.63, 3.8) is 0 Å². The van der Waals surface area contributed by atoms with E-state index in [0.717, 1.165) is 103 Å². The second-order valence-electron chi connectivity index (χ2n) is 17.8. The average Bonchev–Trinajstić information content (AvgIpc) is 3.28. The fraction of sp³-hybridized carbons (Fsp3) is 0.772. The Kier molecular flexibility index (Phi) is 49.4. The van der Waals surface area contributed by atoms with Crippen molar-refractivity contribution < 1.29 is 28.6 Å². The minimum absolute atomic E-state index is 0.0864. The summed E-state index contributed by atoms with van der Waals surface area (Å²) in [5.74, 6) is -0.911. The predicted octanol–water partition coefficient (Wildman–Crippen LogP) is 17.6. The summed E-state index contributed by atoms with van der Waals surface area (Å²) >= 11 is 0. The Hall–Kier alpha value is -2.89. The third-order valence-corrected chi connectivity index (χ3v) is 11.5. The largest absolute Gasteiger partial charge is 0.462 e. The second-order valence-corrected chi connectivity index (χ2v) is 17.8. The lowest BCUT2D eigenvalue weighted by molar-refractivity contribution is -0.167. The number of ether oxygens (including phenoxy) is 3. The van der Waals surface area contributed by atoms with Crippen LogP contribution in [0.2, 0.25) is 0 Å². The molecule has 0 aromatic rings. The molecule has 0 radical (unpaired) electrons. The summed E-state index contributed by atoms with van der Waals surface area (Å²) in [6.07, 6.45) is 63.4. The van der Waals surface area contributed by atoms with E-state index >= 15 is 0 Å². The van der Waals surface area contributed by atoms with Crippen LogP contribution in [-0.2, 0) is 28.6 Å². The summed E-state index contributed by atoms with van der Waals surface area (Å²) in [5.41, 5.74) is 0. The molecular weight excluding hydrogens is 781 g/mol. The maximum Gasteiger partial charge on any atom is 0.306 e. The van der Waals surface area contributed by atoms with Gasteiger partial charge in [-0.1, -0.05) is 197 Å². The van der Waals surface area contributed by atoms with Crippen LogP contribution in [0, 0.1) is 0 Å². The second kappa shape index (κ2) is 51.7. The van der Waals surface area contributed by atoms with E-state index in [9.17, 15) is 14.4 Å². The quantitative estimate of drug-likeness (QED) is 0.0262. The zero-order chi connectivity index (χ0) is 45.8. The molecule has 0 amide bonds. The lowest BCUT2D eigenvalue weighted by Gasteiger charge is -2.18. The molecule has 0 aromatic heterocycles. The van der Waals surface area contributed by atoms with Gasteiger partial charge in [0.05, 0.1) is 0 Å². The molecule has 1 atom stereocenters. The van der Waals surface area contributed by atoms with Gasteiger partial charge in [0.15, 0.2) is 6.10 Å². The zero-order valence-corrected chi connectivity index (χ0v) is 41.6. The average molecular weight is 881 g/mol. The molecule has 0 fully saturated rings. The molecule has 364 valence electrons. The van der Waals surface area contributed by atoms with Gasteiger partial charge in [-0.2, -0.15) is 0 Å². The molecule has 0 spiro atoms. The molecule has 0 aromatic carbocycles. The molecule has 0 N–H and O–H groups in total. The molecule has 0 bridgehead atoms. The molecule has 0 saturated carbocycles. The molecule has 0 rings (SSSR count). The molecule has 6 heteroatoms.